The van der Waals surface area contributed by atoms with Gasteiger partial charge >= 0.3 is 0 Å². The van der Waals surface area contributed by atoms with Crippen LogP contribution in [-0.4, -0.2) is 53.6 Å². The number of anilines is 1. The number of nitrogens with one attached hydrogen (secondary N) is 4. The molecule has 7 nitrogen and oxygen atoms in total. The van der Waals surface area contributed by atoms with Gasteiger partial charge in [0.2, 0.25) is 0 Å². The fourth-order valence-electron chi connectivity index (χ4n) is 5.46. The molecule has 7 heteroatoms. The minimum Gasteiger partial charge on any atom is -0.369 e. The van der Waals surface area contributed by atoms with Crippen LogP contribution in [0.2, 0.25) is 0 Å². The van der Waals surface area contributed by atoms with Gasteiger partial charge in [-0.25, -0.2) is 0 Å². The van der Waals surface area contributed by atoms with Gasteiger partial charge in [-0.05, 0) is 65.0 Å². The number of hydrogen-bond acceptors (Lipinski definition) is 4. The zero-order valence-corrected chi connectivity index (χ0v) is 20.5. The molecule has 5 heterocycles. The number of carbonyl (C=O) groups is 1. The van der Waals surface area contributed by atoms with Gasteiger partial charge in [0.15, 0.2) is 0 Å². The van der Waals surface area contributed by atoms with Crippen molar-refractivity contribution < 1.29 is 4.79 Å². The molecule has 1 saturated heterocycles. The summed E-state index contributed by atoms with van der Waals surface area (Å²) in [5, 5.41) is 7.59. The van der Waals surface area contributed by atoms with E-state index in [-0.39, 0.29) is 5.91 Å². The summed E-state index contributed by atoms with van der Waals surface area (Å²) >= 11 is 0. The van der Waals surface area contributed by atoms with Crippen molar-refractivity contribution >= 4 is 22.5 Å². The maximum atomic E-state index is 12.3. The minimum absolute atomic E-state index is 0.00886. The summed E-state index contributed by atoms with van der Waals surface area (Å²) in [5.74, 6) is -0.00886. The third-order valence-corrected chi connectivity index (χ3v) is 7.46. The standard InChI is InChI=1S/C30H28N6O/c37-30-25-18-29(35-26(25)5-8-34-30)21-4-7-33-28(17-21)23-13-22(14-24(15-23)36-11-9-31-10-12-36)20-2-1-19-3-6-32-27(19)16-20/h1-4,6-7,13-18,31-32,35H,5,8-12H2,(H,34,37). The Kier molecular flexibility index (Phi) is 5.29. The van der Waals surface area contributed by atoms with Crippen molar-refractivity contribution in [1.29, 1.82) is 0 Å². The number of nitrogens with zero attached hydrogens (tertiary/aromatic N) is 2. The first-order valence-corrected chi connectivity index (χ1v) is 12.9. The van der Waals surface area contributed by atoms with Crippen molar-refractivity contribution in [3.05, 3.63) is 84.3 Å². The molecule has 37 heavy (non-hydrogen) atoms. The van der Waals surface area contributed by atoms with Crippen LogP contribution < -0.4 is 15.5 Å². The molecule has 3 aromatic heterocycles. The van der Waals surface area contributed by atoms with Crippen molar-refractivity contribution in [2.24, 2.45) is 0 Å². The highest BCUT2D eigenvalue weighted by atomic mass is 16.1. The van der Waals surface area contributed by atoms with Gasteiger partial charge in [-0.1, -0.05) is 12.1 Å². The highest BCUT2D eigenvalue weighted by Crippen LogP contribution is 2.34. The van der Waals surface area contributed by atoms with Crippen LogP contribution in [0.4, 0.5) is 5.69 Å². The number of carbonyl (C=O) groups excluding carboxylic acids is 1. The summed E-state index contributed by atoms with van der Waals surface area (Å²) < 4.78 is 0. The van der Waals surface area contributed by atoms with E-state index in [1.54, 1.807) is 0 Å². The van der Waals surface area contributed by atoms with Crippen LogP contribution in [0.1, 0.15) is 16.1 Å². The summed E-state index contributed by atoms with van der Waals surface area (Å²) in [6.45, 7) is 4.58. The van der Waals surface area contributed by atoms with Gasteiger partial charge < -0.3 is 25.5 Å². The average Bonchev–Trinajstić information content (AvgIpc) is 3.61. The summed E-state index contributed by atoms with van der Waals surface area (Å²) in [6.07, 6.45) is 4.65. The maximum absolute atomic E-state index is 12.3. The van der Waals surface area contributed by atoms with Crippen LogP contribution in [0.3, 0.4) is 0 Å². The van der Waals surface area contributed by atoms with E-state index in [9.17, 15) is 4.79 Å². The second kappa shape index (κ2) is 8.94. The zero-order valence-electron chi connectivity index (χ0n) is 20.5. The van der Waals surface area contributed by atoms with Gasteiger partial charge in [0, 0.05) is 85.3 Å². The van der Waals surface area contributed by atoms with Crippen LogP contribution in [0.5, 0.6) is 0 Å². The molecule has 7 rings (SSSR count). The first-order chi connectivity index (χ1) is 18.2. The number of fused-ring (bicyclic) bond motifs is 2. The first-order valence-electron chi connectivity index (χ1n) is 12.9. The Bertz CT molecular complexity index is 1620. The molecule has 2 aliphatic rings. The zero-order chi connectivity index (χ0) is 24.8. The summed E-state index contributed by atoms with van der Waals surface area (Å²) in [6, 6.07) is 21.5. The monoisotopic (exact) mass is 488 g/mol. The lowest BCUT2D eigenvalue weighted by molar-refractivity contribution is 0.0946. The van der Waals surface area contributed by atoms with Crippen LogP contribution in [0, 0.1) is 0 Å². The smallest absolute Gasteiger partial charge is 0.253 e. The van der Waals surface area contributed by atoms with Crippen LogP contribution in [-0.2, 0) is 6.42 Å². The number of aromatic amines is 2. The van der Waals surface area contributed by atoms with E-state index < -0.39 is 0 Å². The predicted octanol–water partition coefficient (Wildman–Crippen LogP) is 4.59. The fraction of sp³-hybridized carbons (Fsp3) is 0.200. The molecular formula is C30H28N6O. The molecule has 2 aromatic carbocycles. The molecule has 0 radical (unpaired) electrons. The SMILES string of the molecule is O=C1NCCc2[nH]c(-c3ccnc(-c4cc(-c5ccc6cc[nH]c6c5)cc(N5CCNCC5)c4)c3)cc21. The Morgan fingerprint density at radius 2 is 1.70 bits per heavy atom. The van der Waals surface area contributed by atoms with E-state index in [0.717, 1.165) is 71.9 Å². The van der Waals surface area contributed by atoms with Crippen molar-refractivity contribution in [1.82, 2.24) is 25.6 Å². The van der Waals surface area contributed by atoms with Gasteiger partial charge in [-0.2, -0.15) is 0 Å². The number of aromatic nitrogens is 3. The number of amides is 1. The molecule has 0 saturated carbocycles. The third kappa shape index (κ3) is 4.07. The van der Waals surface area contributed by atoms with Gasteiger partial charge in [-0.15, -0.1) is 0 Å². The summed E-state index contributed by atoms with van der Waals surface area (Å²) in [5.41, 5.74) is 10.4. The highest BCUT2D eigenvalue weighted by molar-refractivity contribution is 5.98. The molecule has 1 amide bonds. The second-order valence-electron chi connectivity index (χ2n) is 9.80. The normalized spacial score (nSPS) is 15.6. The number of pyridine rings is 1. The number of H-pyrrole nitrogens is 2. The van der Waals surface area contributed by atoms with Crippen molar-refractivity contribution in [3.63, 3.8) is 0 Å². The van der Waals surface area contributed by atoms with Crippen molar-refractivity contribution in [2.75, 3.05) is 37.6 Å². The molecule has 0 atom stereocenters. The molecule has 4 N–H and O–H groups in total. The van der Waals surface area contributed by atoms with Gasteiger partial charge in [0.05, 0.1) is 11.3 Å². The number of benzene rings is 2. The molecule has 1 fully saturated rings. The lowest BCUT2D eigenvalue weighted by Crippen LogP contribution is -2.43. The second-order valence-corrected chi connectivity index (χ2v) is 9.80. The van der Waals surface area contributed by atoms with Crippen molar-refractivity contribution in [3.8, 4) is 33.6 Å². The van der Waals surface area contributed by atoms with Crippen LogP contribution in [0.15, 0.2) is 73.1 Å². The minimum atomic E-state index is -0.00886. The number of rotatable bonds is 4. The number of hydrogen-bond donors (Lipinski definition) is 4. The summed E-state index contributed by atoms with van der Waals surface area (Å²) in [4.78, 5) is 26.3. The lowest BCUT2D eigenvalue weighted by Gasteiger charge is -2.30. The molecule has 2 aliphatic heterocycles. The Morgan fingerprint density at radius 3 is 2.59 bits per heavy atom. The van der Waals surface area contributed by atoms with Gasteiger partial charge in [-0.3, -0.25) is 9.78 Å². The topological polar surface area (TPSA) is 88.8 Å². The molecule has 0 spiro atoms. The maximum Gasteiger partial charge on any atom is 0.253 e. The van der Waals surface area contributed by atoms with Crippen molar-refractivity contribution in [2.45, 2.75) is 6.42 Å². The van der Waals surface area contributed by atoms with E-state index in [1.807, 2.05) is 24.5 Å². The average molecular weight is 489 g/mol. The molecule has 0 bridgehead atoms. The molecule has 184 valence electrons. The Labute approximate surface area is 214 Å². The van der Waals surface area contributed by atoms with Crippen LogP contribution >= 0.6 is 0 Å². The van der Waals surface area contributed by atoms with E-state index in [1.165, 1.54) is 22.2 Å². The quantitative estimate of drug-likeness (QED) is 0.298. The largest absolute Gasteiger partial charge is 0.369 e. The number of piperazine rings is 1. The molecule has 0 aliphatic carbocycles. The Balaban J connectivity index is 1.32. The molecular weight excluding hydrogens is 460 g/mol. The van der Waals surface area contributed by atoms with Crippen LogP contribution in [0.25, 0.3) is 44.5 Å². The first kappa shape index (κ1) is 21.9. The fourth-order valence-corrected chi connectivity index (χ4v) is 5.46. The Morgan fingerprint density at radius 1 is 0.811 bits per heavy atom. The van der Waals surface area contributed by atoms with E-state index in [0.29, 0.717) is 6.54 Å². The Hall–Kier alpha value is -4.36. The molecule has 0 unspecified atom stereocenters. The third-order valence-electron chi connectivity index (χ3n) is 7.46. The highest BCUT2D eigenvalue weighted by Gasteiger charge is 2.20. The summed E-state index contributed by atoms with van der Waals surface area (Å²) in [7, 11) is 0. The van der Waals surface area contributed by atoms with Gasteiger partial charge in [0.25, 0.3) is 5.91 Å². The van der Waals surface area contributed by atoms with E-state index in [2.05, 4.69) is 74.0 Å². The van der Waals surface area contributed by atoms with E-state index in [4.69, 9.17) is 4.98 Å². The van der Waals surface area contributed by atoms with Gasteiger partial charge in [0.1, 0.15) is 0 Å². The lowest BCUT2D eigenvalue weighted by atomic mass is 9.98. The van der Waals surface area contributed by atoms with E-state index >= 15 is 0 Å². The predicted molar refractivity (Wildman–Crippen MR) is 148 cm³/mol. The molecule has 5 aromatic rings.